The quantitative estimate of drug-likeness (QED) is 0.545. The summed E-state index contributed by atoms with van der Waals surface area (Å²) in [6.45, 7) is 19.3. The van der Waals surface area contributed by atoms with Gasteiger partial charge in [0.2, 0.25) is 0 Å². The predicted octanol–water partition coefficient (Wildman–Crippen LogP) is 3.74. The van der Waals surface area contributed by atoms with Crippen LogP contribution < -0.4 is 0 Å². The van der Waals surface area contributed by atoms with Crippen molar-refractivity contribution in [3.05, 3.63) is 38.0 Å². The molecule has 22 heavy (non-hydrogen) atoms. The van der Waals surface area contributed by atoms with Crippen molar-refractivity contribution in [3.63, 3.8) is 0 Å². The maximum atomic E-state index is 4.01. The normalized spacial score (nSPS) is 35.7. The third-order valence-electron chi connectivity index (χ3n) is 5.37. The van der Waals surface area contributed by atoms with Gasteiger partial charge in [-0.05, 0) is 37.0 Å². The highest BCUT2D eigenvalue weighted by Crippen LogP contribution is 2.54. The van der Waals surface area contributed by atoms with Crippen molar-refractivity contribution in [3.8, 4) is 0 Å². The van der Waals surface area contributed by atoms with E-state index in [1.54, 1.807) is 0 Å². The molecule has 3 rings (SSSR count). The molecule has 0 spiro atoms. The summed E-state index contributed by atoms with van der Waals surface area (Å²) in [5.41, 5.74) is 0. The van der Waals surface area contributed by atoms with Gasteiger partial charge in [-0.2, -0.15) is 0 Å². The van der Waals surface area contributed by atoms with Gasteiger partial charge in [-0.25, -0.2) is 0 Å². The van der Waals surface area contributed by atoms with Crippen molar-refractivity contribution in [1.82, 2.24) is 14.0 Å². The van der Waals surface area contributed by atoms with Crippen molar-refractivity contribution in [2.24, 2.45) is 17.8 Å². The van der Waals surface area contributed by atoms with Gasteiger partial charge in [0.25, 0.3) is 0 Å². The molecule has 3 unspecified atom stereocenters. The Morgan fingerprint density at radius 3 is 1.18 bits per heavy atom. The Balaban J connectivity index is 1.72. The van der Waals surface area contributed by atoms with Crippen LogP contribution in [0.15, 0.2) is 38.0 Å². The molecule has 122 valence electrons. The van der Waals surface area contributed by atoms with Gasteiger partial charge in [-0.15, -0.1) is 19.7 Å². The summed E-state index contributed by atoms with van der Waals surface area (Å²) < 4.78 is 8.25. The van der Waals surface area contributed by atoms with Crippen LogP contribution in [0.3, 0.4) is 0 Å². The Kier molecular flexibility index (Phi) is 5.51. The van der Waals surface area contributed by atoms with Crippen LogP contribution in [0.4, 0.5) is 0 Å². The molecule has 3 saturated heterocycles. The van der Waals surface area contributed by atoms with E-state index in [0.29, 0.717) is 17.8 Å². The molecular weight excluding hydrogens is 289 g/mol. The molecule has 3 aliphatic heterocycles. The molecule has 3 atom stereocenters. The van der Waals surface area contributed by atoms with Gasteiger partial charge in [0.15, 0.2) is 0 Å². The minimum absolute atomic E-state index is 0.304. The highest BCUT2D eigenvalue weighted by atomic mass is 31.2. The van der Waals surface area contributed by atoms with E-state index < -0.39 is 0 Å². The van der Waals surface area contributed by atoms with Gasteiger partial charge in [-0.1, -0.05) is 18.2 Å². The fourth-order valence-electron chi connectivity index (χ4n) is 3.91. The van der Waals surface area contributed by atoms with E-state index >= 15 is 0 Å². The zero-order valence-electron chi connectivity index (χ0n) is 13.7. The maximum Gasteiger partial charge on any atom is 0.120 e. The summed E-state index contributed by atoms with van der Waals surface area (Å²) in [4.78, 5) is 0. The second-order valence-electron chi connectivity index (χ2n) is 6.86. The number of hydrogen-bond acceptors (Lipinski definition) is 3. The van der Waals surface area contributed by atoms with Crippen molar-refractivity contribution in [1.29, 1.82) is 0 Å². The average molecular weight is 319 g/mol. The molecule has 0 aromatic rings. The van der Waals surface area contributed by atoms with Crippen LogP contribution in [0.25, 0.3) is 0 Å². The lowest BCUT2D eigenvalue weighted by Gasteiger charge is -2.40. The molecular formula is C18H30N3P. The lowest BCUT2D eigenvalue weighted by molar-refractivity contribution is 0.387. The smallest absolute Gasteiger partial charge is 0.120 e. The van der Waals surface area contributed by atoms with Crippen LogP contribution in [0.1, 0.15) is 19.3 Å². The van der Waals surface area contributed by atoms with Gasteiger partial charge < -0.3 is 0 Å². The van der Waals surface area contributed by atoms with Gasteiger partial charge in [0.05, 0.1) is 0 Å². The topological polar surface area (TPSA) is 9.72 Å². The predicted molar refractivity (Wildman–Crippen MR) is 96.6 cm³/mol. The summed E-state index contributed by atoms with van der Waals surface area (Å²) in [5, 5.41) is 0. The molecule has 0 N–H and O–H groups in total. The third-order valence-corrected chi connectivity index (χ3v) is 7.98. The highest BCUT2D eigenvalue weighted by Gasteiger charge is 2.40. The summed E-state index contributed by atoms with van der Waals surface area (Å²) in [6.07, 6.45) is 10.3. The first-order valence-corrected chi connectivity index (χ1v) is 9.87. The number of hydrogen-bond donors (Lipinski definition) is 0. The Hall–Kier alpha value is -0.470. The summed E-state index contributed by atoms with van der Waals surface area (Å²) in [7, 11) is -0.304. The molecule has 4 heteroatoms. The van der Waals surface area contributed by atoms with Gasteiger partial charge in [0, 0.05) is 39.3 Å². The molecule has 0 aliphatic carbocycles. The summed E-state index contributed by atoms with van der Waals surface area (Å²) >= 11 is 0. The van der Waals surface area contributed by atoms with Crippen LogP contribution >= 0.6 is 8.37 Å². The van der Waals surface area contributed by atoms with Crippen LogP contribution in [0.2, 0.25) is 0 Å². The zero-order chi connectivity index (χ0) is 15.5. The van der Waals surface area contributed by atoms with E-state index in [4.69, 9.17) is 0 Å². The van der Waals surface area contributed by atoms with Crippen molar-refractivity contribution >= 4 is 8.37 Å². The van der Waals surface area contributed by atoms with E-state index in [0.717, 1.165) is 0 Å². The molecule has 0 amide bonds. The highest BCUT2D eigenvalue weighted by molar-refractivity contribution is 7.50. The molecule has 0 saturated carbocycles. The van der Waals surface area contributed by atoms with E-state index in [1.807, 2.05) is 0 Å². The van der Waals surface area contributed by atoms with Crippen LogP contribution in [0.5, 0.6) is 0 Å². The lowest BCUT2D eigenvalue weighted by Crippen LogP contribution is -2.35. The molecule has 3 heterocycles. The molecule has 0 aromatic carbocycles. The molecule has 3 nitrogen and oxygen atoms in total. The van der Waals surface area contributed by atoms with Crippen molar-refractivity contribution in [2.45, 2.75) is 19.3 Å². The standard InChI is InChI=1S/C18H30N3P/c1-4-16-7-10-19(13-16)22(20-11-8-17(5-2)14-20)21-12-9-18(6-3)15-21/h4-6,16-18H,1-3,7-15H2. The van der Waals surface area contributed by atoms with E-state index in [1.165, 1.54) is 58.5 Å². The molecule has 0 radical (unpaired) electrons. The largest absolute Gasteiger partial charge is 0.257 e. The number of rotatable bonds is 6. The van der Waals surface area contributed by atoms with Crippen LogP contribution in [-0.4, -0.2) is 53.3 Å². The van der Waals surface area contributed by atoms with Crippen LogP contribution in [-0.2, 0) is 0 Å². The third kappa shape index (κ3) is 3.38. The molecule has 3 fully saturated rings. The average Bonchev–Trinajstić information content (AvgIpc) is 3.28. The van der Waals surface area contributed by atoms with Crippen molar-refractivity contribution in [2.75, 3.05) is 39.3 Å². The SMILES string of the molecule is C=CC1CCN(P(N2CCC(C=C)C2)N2CCC(C=C)C2)C1. The van der Waals surface area contributed by atoms with E-state index in [2.05, 4.69) is 52.0 Å². The lowest BCUT2D eigenvalue weighted by atomic mass is 10.1. The van der Waals surface area contributed by atoms with Crippen molar-refractivity contribution < 1.29 is 0 Å². The Morgan fingerprint density at radius 1 is 0.636 bits per heavy atom. The Bertz CT molecular complexity index is 363. The summed E-state index contributed by atoms with van der Waals surface area (Å²) in [5.74, 6) is 2.04. The minimum Gasteiger partial charge on any atom is -0.257 e. The Labute approximate surface area is 137 Å². The van der Waals surface area contributed by atoms with E-state index in [-0.39, 0.29) is 8.37 Å². The van der Waals surface area contributed by atoms with Gasteiger partial charge in [0.1, 0.15) is 8.37 Å². The van der Waals surface area contributed by atoms with Gasteiger partial charge in [-0.3, -0.25) is 14.0 Å². The zero-order valence-corrected chi connectivity index (χ0v) is 14.6. The van der Waals surface area contributed by atoms with E-state index in [9.17, 15) is 0 Å². The second kappa shape index (κ2) is 7.40. The minimum atomic E-state index is -0.304. The first-order valence-electron chi connectivity index (χ1n) is 8.67. The fraction of sp³-hybridized carbons (Fsp3) is 0.667. The first kappa shape index (κ1) is 16.4. The molecule has 0 bridgehead atoms. The fourth-order valence-corrected chi connectivity index (χ4v) is 6.93. The molecule has 0 aromatic heterocycles. The Morgan fingerprint density at radius 2 is 0.955 bits per heavy atom. The second-order valence-corrected chi connectivity index (χ2v) is 9.09. The molecule has 3 aliphatic rings. The maximum absolute atomic E-state index is 4.01. The summed E-state index contributed by atoms with van der Waals surface area (Å²) in [6, 6.07) is 0. The number of nitrogens with zero attached hydrogens (tertiary/aromatic N) is 3. The monoisotopic (exact) mass is 319 g/mol. The van der Waals surface area contributed by atoms with Gasteiger partial charge >= 0.3 is 0 Å². The first-order chi connectivity index (χ1) is 10.7. The van der Waals surface area contributed by atoms with Crippen LogP contribution in [0, 0.1) is 17.8 Å².